The fourth-order valence-electron chi connectivity index (χ4n) is 4.70. The molecule has 2 fully saturated rings. The Morgan fingerprint density at radius 1 is 1.32 bits per heavy atom. The lowest BCUT2D eigenvalue weighted by atomic mass is 9.74. The van der Waals surface area contributed by atoms with Gasteiger partial charge in [0.2, 0.25) is 5.91 Å². The monoisotopic (exact) mass is 573 g/mol. The number of likely N-dealkylation sites (N-methyl/N-ethyl adjacent to an activating group) is 1. The Balaban J connectivity index is 1.72. The smallest absolute Gasteiger partial charge is 0.326 e. The molecule has 0 spiro atoms. The topological polar surface area (TPSA) is 108 Å². The highest BCUT2D eigenvalue weighted by Crippen LogP contribution is 2.40. The molecule has 1 amide bonds. The molecule has 1 N–H and O–H groups in total. The predicted molar refractivity (Wildman–Crippen MR) is 126 cm³/mol. The van der Waals surface area contributed by atoms with Crippen LogP contribution in [-0.2, 0) is 24.8 Å². The van der Waals surface area contributed by atoms with Gasteiger partial charge in [0.05, 0.1) is 20.9 Å². The van der Waals surface area contributed by atoms with E-state index in [1.165, 1.54) is 30.5 Å². The quantitative estimate of drug-likeness (QED) is 0.565. The van der Waals surface area contributed by atoms with Gasteiger partial charge in [-0.15, -0.1) is 0 Å². The zero-order valence-electron chi connectivity index (χ0n) is 18.1. The van der Waals surface area contributed by atoms with Crippen molar-refractivity contribution in [2.75, 3.05) is 26.2 Å². The summed E-state index contributed by atoms with van der Waals surface area (Å²) < 4.78 is 41.9. The summed E-state index contributed by atoms with van der Waals surface area (Å²) in [5.41, 5.74) is -1.48. The van der Waals surface area contributed by atoms with Crippen LogP contribution in [0.5, 0.6) is 0 Å². The third-order valence-corrected chi connectivity index (χ3v) is 9.56. The van der Waals surface area contributed by atoms with Crippen LogP contribution >= 0.6 is 27.5 Å². The number of hydrogen-bond acceptors (Lipinski definition) is 6. The summed E-state index contributed by atoms with van der Waals surface area (Å²) in [5, 5.41) is 8.69. The average molecular weight is 575 g/mol. The summed E-state index contributed by atoms with van der Waals surface area (Å²) in [7, 11) is -4.03. The second-order valence-corrected chi connectivity index (χ2v) is 12.0. The number of likely N-dealkylation sites (tertiary alicyclic amines) is 2. The summed E-state index contributed by atoms with van der Waals surface area (Å²) in [5.74, 6) is -2.66. The SMILES string of the molecule is CCN1CC(C(=O)N2C[C@H](S(=O)(=O)c3ccccc3Cl)C[C@H]2C(=O)O)(c2ncc(Br)cc2F)C1. The maximum absolute atomic E-state index is 14.9. The first kappa shape index (κ1) is 25.0. The number of pyridine rings is 1. The van der Waals surface area contributed by atoms with Crippen LogP contribution in [0.15, 0.2) is 45.9 Å². The summed E-state index contributed by atoms with van der Waals surface area (Å²) >= 11 is 9.25. The molecule has 182 valence electrons. The van der Waals surface area contributed by atoms with Crippen LogP contribution in [0.25, 0.3) is 0 Å². The lowest BCUT2D eigenvalue weighted by Crippen LogP contribution is -2.68. The fourth-order valence-corrected chi connectivity index (χ4v) is 7.23. The van der Waals surface area contributed by atoms with Gasteiger partial charge in [0.1, 0.15) is 17.3 Å². The molecule has 0 unspecified atom stereocenters. The number of carbonyl (C=O) groups is 2. The Morgan fingerprint density at radius 3 is 2.59 bits per heavy atom. The first-order valence-corrected chi connectivity index (χ1v) is 13.3. The Hall–Kier alpha value is -2.08. The number of halogens is 3. The van der Waals surface area contributed by atoms with Crippen molar-refractivity contribution in [2.24, 2.45) is 0 Å². The number of sulfone groups is 1. The number of rotatable bonds is 6. The number of nitrogens with zero attached hydrogens (tertiary/aromatic N) is 3. The number of aliphatic carboxylic acids is 1. The Kier molecular flexibility index (Phi) is 6.75. The van der Waals surface area contributed by atoms with Gasteiger partial charge in [-0.25, -0.2) is 17.6 Å². The number of carboxylic acid groups (broad SMARTS) is 1. The van der Waals surface area contributed by atoms with Gasteiger partial charge in [-0.1, -0.05) is 30.7 Å². The van der Waals surface area contributed by atoms with Crippen LogP contribution in [0.1, 0.15) is 19.0 Å². The molecule has 4 rings (SSSR count). The molecule has 1 aromatic heterocycles. The van der Waals surface area contributed by atoms with Crippen molar-refractivity contribution >= 4 is 49.2 Å². The van der Waals surface area contributed by atoms with E-state index in [9.17, 15) is 27.5 Å². The van der Waals surface area contributed by atoms with Gasteiger partial charge in [0, 0.05) is 30.3 Å². The number of amides is 1. The fraction of sp³-hybridized carbons (Fsp3) is 0.409. The van der Waals surface area contributed by atoms with Crippen molar-refractivity contribution in [3.63, 3.8) is 0 Å². The van der Waals surface area contributed by atoms with E-state index in [4.69, 9.17) is 11.6 Å². The van der Waals surface area contributed by atoms with Crippen LogP contribution in [-0.4, -0.2) is 77.7 Å². The standard InChI is InChI=1S/C22H22BrClFN3O5S/c1-2-27-11-22(12-27,19-16(25)7-13(23)9-26-19)21(31)28-10-14(8-17(28)20(29)30)34(32,33)18-6-4-3-5-15(18)24/h3-7,9,14,17H,2,8,10-12H2,1H3,(H,29,30)/t14-,17+/m1/s1. The first-order valence-electron chi connectivity index (χ1n) is 10.6. The lowest BCUT2D eigenvalue weighted by molar-refractivity contribution is -0.154. The minimum atomic E-state index is -4.03. The van der Waals surface area contributed by atoms with E-state index in [0.29, 0.717) is 11.0 Å². The van der Waals surface area contributed by atoms with Gasteiger partial charge < -0.3 is 14.9 Å². The molecule has 12 heteroatoms. The third kappa shape index (κ3) is 4.12. The molecule has 0 aliphatic carbocycles. The highest BCUT2D eigenvalue weighted by Gasteiger charge is 2.58. The highest BCUT2D eigenvalue weighted by atomic mass is 79.9. The predicted octanol–water partition coefficient (Wildman–Crippen LogP) is 2.74. The summed E-state index contributed by atoms with van der Waals surface area (Å²) in [4.78, 5) is 32.9. The molecule has 0 bridgehead atoms. The summed E-state index contributed by atoms with van der Waals surface area (Å²) in [6.45, 7) is 2.47. The molecule has 2 aliphatic heterocycles. The maximum Gasteiger partial charge on any atom is 0.326 e. The van der Waals surface area contributed by atoms with Crippen molar-refractivity contribution in [3.05, 3.63) is 57.5 Å². The van der Waals surface area contributed by atoms with Gasteiger partial charge in [-0.05, 0) is 47.1 Å². The highest BCUT2D eigenvalue weighted by molar-refractivity contribution is 9.10. The van der Waals surface area contributed by atoms with Crippen molar-refractivity contribution in [2.45, 2.75) is 34.9 Å². The summed E-state index contributed by atoms with van der Waals surface area (Å²) in [6, 6.07) is 5.73. The van der Waals surface area contributed by atoms with Crippen molar-refractivity contribution in [1.82, 2.24) is 14.8 Å². The normalized spacial score (nSPS) is 22.4. The van der Waals surface area contributed by atoms with E-state index in [1.807, 2.05) is 11.8 Å². The molecule has 2 aromatic rings. The van der Waals surface area contributed by atoms with Crippen molar-refractivity contribution < 1.29 is 27.5 Å². The van der Waals surface area contributed by atoms with Gasteiger partial charge in [0.25, 0.3) is 0 Å². The molecule has 2 saturated heterocycles. The van der Waals surface area contributed by atoms with E-state index in [2.05, 4.69) is 20.9 Å². The van der Waals surface area contributed by atoms with Crippen molar-refractivity contribution in [3.8, 4) is 0 Å². The third-order valence-electron chi connectivity index (χ3n) is 6.50. The minimum absolute atomic E-state index is 0.0225. The van der Waals surface area contributed by atoms with Crippen LogP contribution in [0.2, 0.25) is 5.02 Å². The zero-order valence-corrected chi connectivity index (χ0v) is 21.3. The molecule has 0 saturated carbocycles. The number of carbonyl (C=O) groups excluding carboxylic acids is 1. The van der Waals surface area contributed by atoms with Crippen molar-refractivity contribution in [1.29, 1.82) is 0 Å². The molecule has 34 heavy (non-hydrogen) atoms. The molecule has 3 heterocycles. The van der Waals surface area contributed by atoms with E-state index < -0.39 is 44.2 Å². The second kappa shape index (κ2) is 9.18. The Labute approximate surface area is 209 Å². The van der Waals surface area contributed by atoms with Crippen LogP contribution in [0, 0.1) is 5.82 Å². The van der Waals surface area contributed by atoms with Crippen LogP contribution in [0.4, 0.5) is 4.39 Å². The average Bonchev–Trinajstić information content (AvgIpc) is 3.21. The van der Waals surface area contributed by atoms with Gasteiger partial charge in [-0.2, -0.15) is 0 Å². The summed E-state index contributed by atoms with van der Waals surface area (Å²) in [6.07, 6.45) is 1.09. The Bertz CT molecular complexity index is 1250. The van der Waals surface area contributed by atoms with Gasteiger partial charge in [0.15, 0.2) is 9.84 Å². The molecule has 8 nitrogen and oxygen atoms in total. The number of aromatic nitrogens is 1. The molecule has 1 aromatic carbocycles. The lowest BCUT2D eigenvalue weighted by Gasteiger charge is -2.49. The Morgan fingerprint density at radius 2 is 2.00 bits per heavy atom. The van der Waals surface area contributed by atoms with E-state index in [1.54, 1.807) is 6.07 Å². The molecule has 2 atom stereocenters. The zero-order chi connectivity index (χ0) is 24.8. The van der Waals surface area contributed by atoms with Crippen LogP contribution in [0.3, 0.4) is 0 Å². The number of carboxylic acids is 1. The first-order chi connectivity index (χ1) is 16.0. The van der Waals surface area contributed by atoms with Crippen LogP contribution < -0.4 is 0 Å². The van der Waals surface area contributed by atoms with E-state index >= 15 is 0 Å². The molecule has 2 aliphatic rings. The van der Waals surface area contributed by atoms with E-state index in [0.717, 1.165) is 4.90 Å². The van der Waals surface area contributed by atoms with Gasteiger partial charge >= 0.3 is 5.97 Å². The van der Waals surface area contributed by atoms with E-state index in [-0.39, 0.29) is 41.7 Å². The number of hydrogen-bond donors (Lipinski definition) is 1. The van der Waals surface area contributed by atoms with Gasteiger partial charge in [-0.3, -0.25) is 9.78 Å². The second-order valence-electron chi connectivity index (χ2n) is 8.51. The molecular formula is C22H22BrClFN3O5S. The minimum Gasteiger partial charge on any atom is -0.480 e. The number of benzene rings is 1. The molecule has 0 radical (unpaired) electrons. The maximum atomic E-state index is 14.9. The molecular weight excluding hydrogens is 553 g/mol. The largest absolute Gasteiger partial charge is 0.480 e.